The summed E-state index contributed by atoms with van der Waals surface area (Å²) >= 11 is 0.823. The fraction of sp³-hybridized carbons (Fsp3) is 0.600. The Morgan fingerprint density at radius 1 is 1.19 bits per heavy atom. The summed E-state index contributed by atoms with van der Waals surface area (Å²) in [5.41, 5.74) is -1.17. The first kappa shape index (κ1) is 28.3. The molecule has 2 N–H and O–H groups in total. The van der Waals surface area contributed by atoms with Crippen molar-refractivity contribution in [2.45, 2.75) is 77.4 Å². The summed E-state index contributed by atoms with van der Waals surface area (Å²) in [6, 6.07) is 4.69. The summed E-state index contributed by atoms with van der Waals surface area (Å²) in [5.74, 6) is -4.01. The van der Waals surface area contributed by atoms with Gasteiger partial charge in [-0.05, 0) is 84.2 Å². The molecule has 200 valence electrons. The van der Waals surface area contributed by atoms with Crippen molar-refractivity contribution in [3.8, 4) is 0 Å². The molecule has 0 saturated carbocycles. The third-order valence-electron chi connectivity index (χ3n) is 7.07. The van der Waals surface area contributed by atoms with Crippen LogP contribution in [0.5, 0.6) is 0 Å². The maximum Gasteiger partial charge on any atom is 0.442 e. The Hall–Kier alpha value is -2.27. The van der Waals surface area contributed by atoms with Gasteiger partial charge in [0, 0.05) is 40.3 Å². The minimum absolute atomic E-state index is 0.0458. The van der Waals surface area contributed by atoms with Crippen LogP contribution in [0.2, 0.25) is 0 Å². The number of carbonyl (C=O) groups excluding carboxylic acids is 1. The summed E-state index contributed by atoms with van der Waals surface area (Å²) in [7, 11) is 0. The number of aryl methyl sites for hydroxylation is 2. The molecular weight excluding hydrogens is 499 g/mol. The minimum atomic E-state index is -5.38. The summed E-state index contributed by atoms with van der Waals surface area (Å²) < 4.78 is 73.6. The number of amides is 2. The van der Waals surface area contributed by atoms with Gasteiger partial charge in [0.1, 0.15) is 0 Å². The number of nitrogens with zero attached hydrogens (tertiary/aromatic N) is 2. The molecule has 1 fully saturated rings. The van der Waals surface area contributed by atoms with E-state index in [1.807, 2.05) is 32.9 Å². The van der Waals surface area contributed by atoms with Gasteiger partial charge in [0.2, 0.25) is 0 Å². The van der Waals surface area contributed by atoms with E-state index in [9.17, 15) is 22.4 Å². The third kappa shape index (κ3) is 5.66. The molecule has 0 aliphatic carbocycles. The highest BCUT2D eigenvalue weighted by molar-refractivity contribution is 7.10. The van der Waals surface area contributed by atoms with Gasteiger partial charge in [-0.25, -0.2) is 9.18 Å². The fourth-order valence-corrected chi connectivity index (χ4v) is 5.55. The van der Waals surface area contributed by atoms with Crippen LogP contribution in [0.3, 0.4) is 0 Å². The second-order valence-electron chi connectivity index (χ2n) is 10.3. The molecular formula is C25H33F5N4OS. The maximum absolute atomic E-state index is 16.5. The van der Waals surface area contributed by atoms with Gasteiger partial charge in [-0.15, -0.1) is 11.3 Å². The van der Waals surface area contributed by atoms with Crippen LogP contribution in [0.1, 0.15) is 56.7 Å². The number of aromatic nitrogens is 1. The standard InChI is InChI=1S/C25H33F5N4OS/c1-16(2)32-21(35)33-24(27,25(28,29)30)23(11-10-19-8-9-20(26)36-19)12-13-34(15-23)22(4,5)18-7-6-17(3)31-14-18/h6-9,14,16H,10-13,15H2,1-5H3,(H2,32,33,35)/t23-,24?/m1/s1. The molecule has 0 bridgehead atoms. The normalized spacial score (nSPS) is 21.0. The average molecular weight is 533 g/mol. The highest BCUT2D eigenvalue weighted by Gasteiger charge is 2.70. The summed E-state index contributed by atoms with van der Waals surface area (Å²) in [4.78, 5) is 19.0. The van der Waals surface area contributed by atoms with E-state index < -0.39 is 40.1 Å². The number of hydrogen-bond donors (Lipinski definition) is 2. The van der Waals surface area contributed by atoms with Gasteiger partial charge in [0.15, 0.2) is 5.13 Å². The Labute approximate surface area is 212 Å². The molecule has 36 heavy (non-hydrogen) atoms. The smallest absolute Gasteiger partial charge is 0.336 e. The molecule has 2 aromatic rings. The lowest BCUT2D eigenvalue weighted by Crippen LogP contribution is -2.68. The molecule has 0 radical (unpaired) electrons. The largest absolute Gasteiger partial charge is 0.442 e. The number of rotatable bonds is 8. The Kier molecular flexibility index (Phi) is 8.05. The topological polar surface area (TPSA) is 57.3 Å². The van der Waals surface area contributed by atoms with Gasteiger partial charge in [-0.1, -0.05) is 6.07 Å². The summed E-state index contributed by atoms with van der Waals surface area (Å²) in [6.07, 6.45) is -4.05. The van der Waals surface area contributed by atoms with E-state index in [4.69, 9.17) is 0 Å². The number of nitrogens with one attached hydrogen (secondary N) is 2. The van der Waals surface area contributed by atoms with Crippen molar-refractivity contribution in [2.75, 3.05) is 13.1 Å². The molecule has 2 atom stereocenters. The molecule has 1 aliphatic heterocycles. The molecule has 5 nitrogen and oxygen atoms in total. The van der Waals surface area contributed by atoms with Crippen LogP contribution in [0.25, 0.3) is 0 Å². The van der Waals surface area contributed by atoms with Gasteiger partial charge in [-0.3, -0.25) is 15.2 Å². The SMILES string of the molecule is Cc1ccc(C(C)(C)N2CC[C@@](CCc3ccc(F)s3)(C(F)(NC(=O)NC(C)C)C(F)(F)F)C2)cn1. The van der Waals surface area contributed by atoms with Crippen molar-refractivity contribution < 1.29 is 26.7 Å². The molecule has 2 aromatic heterocycles. The van der Waals surface area contributed by atoms with Crippen molar-refractivity contribution in [1.82, 2.24) is 20.5 Å². The molecule has 2 amide bonds. The van der Waals surface area contributed by atoms with Crippen molar-refractivity contribution in [1.29, 1.82) is 0 Å². The zero-order valence-corrected chi connectivity index (χ0v) is 21.9. The predicted molar refractivity (Wildman–Crippen MR) is 130 cm³/mol. The van der Waals surface area contributed by atoms with Crippen molar-refractivity contribution in [2.24, 2.45) is 5.41 Å². The second kappa shape index (κ2) is 10.2. The van der Waals surface area contributed by atoms with Crippen LogP contribution in [-0.4, -0.2) is 47.0 Å². The molecule has 1 saturated heterocycles. The molecule has 1 unspecified atom stereocenters. The lowest BCUT2D eigenvalue weighted by Gasteiger charge is -2.45. The average Bonchev–Trinajstić information content (AvgIpc) is 3.38. The van der Waals surface area contributed by atoms with E-state index in [2.05, 4.69) is 10.3 Å². The quantitative estimate of drug-likeness (QED) is 0.320. The van der Waals surface area contributed by atoms with E-state index in [0.717, 1.165) is 22.6 Å². The number of pyridine rings is 1. The van der Waals surface area contributed by atoms with Crippen LogP contribution in [0.4, 0.5) is 26.7 Å². The van der Waals surface area contributed by atoms with Crippen molar-refractivity contribution >= 4 is 17.4 Å². The van der Waals surface area contributed by atoms with Crippen LogP contribution in [0.15, 0.2) is 30.5 Å². The van der Waals surface area contributed by atoms with Gasteiger partial charge in [0.05, 0.1) is 0 Å². The lowest BCUT2D eigenvalue weighted by atomic mass is 9.72. The number of halogens is 5. The summed E-state index contributed by atoms with van der Waals surface area (Å²) in [5, 5.41) is 3.50. The van der Waals surface area contributed by atoms with E-state index in [1.165, 1.54) is 12.1 Å². The van der Waals surface area contributed by atoms with Crippen LogP contribution < -0.4 is 10.6 Å². The van der Waals surface area contributed by atoms with Gasteiger partial charge in [0.25, 0.3) is 5.79 Å². The predicted octanol–water partition coefficient (Wildman–Crippen LogP) is 6.09. The third-order valence-corrected chi connectivity index (χ3v) is 8.00. The Morgan fingerprint density at radius 2 is 1.89 bits per heavy atom. The van der Waals surface area contributed by atoms with Crippen molar-refractivity contribution in [3.63, 3.8) is 0 Å². The van der Waals surface area contributed by atoms with Crippen LogP contribution in [-0.2, 0) is 12.0 Å². The molecule has 3 heterocycles. The Balaban J connectivity index is 2.01. The number of urea groups is 1. The Morgan fingerprint density at radius 3 is 2.42 bits per heavy atom. The molecule has 0 aromatic carbocycles. The number of likely N-dealkylation sites (tertiary alicyclic amines) is 1. The zero-order chi connectivity index (χ0) is 26.9. The van der Waals surface area contributed by atoms with E-state index in [1.54, 1.807) is 30.3 Å². The van der Waals surface area contributed by atoms with Gasteiger partial charge >= 0.3 is 12.2 Å². The van der Waals surface area contributed by atoms with Crippen molar-refractivity contribution in [3.05, 3.63) is 51.7 Å². The molecule has 3 rings (SSSR count). The first-order valence-corrected chi connectivity index (χ1v) is 12.7. The molecule has 1 aliphatic rings. The van der Waals surface area contributed by atoms with Crippen LogP contribution >= 0.6 is 11.3 Å². The fourth-order valence-electron chi connectivity index (χ4n) is 4.83. The zero-order valence-electron chi connectivity index (χ0n) is 21.1. The highest BCUT2D eigenvalue weighted by Crippen LogP contribution is 2.54. The van der Waals surface area contributed by atoms with Gasteiger partial charge < -0.3 is 5.32 Å². The monoisotopic (exact) mass is 532 g/mol. The van der Waals surface area contributed by atoms with Crippen LogP contribution in [0, 0.1) is 17.5 Å². The molecule has 0 spiro atoms. The Bertz CT molecular complexity index is 1060. The second-order valence-corrected chi connectivity index (χ2v) is 11.4. The number of alkyl halides is 4. The first-order valence-electron chi connectivity index (χ1n) is 11.9. The summed E-state index contributed by atoms with van der Waals surface area (Å²) in [6.45, 7) is 8.61. The maximum atomic E-state index is 16.5. The number of carbonyl (C=O) groups is 1. The number of thiophene rings is 1. The number of hydrogen-bond acceptors (Lipinski definition) is 4. The van der Waals surface area contributed by atoms with E-state index in [0.29, 0.717) is 4.88 Å². The lowest BCUT2D eigenvalue weighted by molar-refractivity contribution is -0.279. The first-order chi connectivity index (χ1) is 16.6. The van der Waals surface area contributed by atoms with E-state index >= 15 is 4.39 Å². The minimum Gasteiger partial charge on any atom is -0.336 e. The van der Waals surface area contributed by atoms with E-state index in [-0.39, 0.29) is 32.4 Å². The van der Waals surface area contributed by atoms with Gasteiger partial charge in [-0.2, -0.15) is 17.6 Å². The highest BCUT2D eigenvalue weighted by atomic mass is 32.1. The molecule has 11 heteroatoms.